The van der Waals surface area contributed by atoms with Crippen molar-refractivity contribution in [3.05, 3.63) is 57.6 Å². The van der Waals surface area contributed by atoms with Gasteiger partial charge in [-0.25, -0.2) is 5.43 Å². The van der Waals surface area contributed by atoms with E-state index in [1.807, 2.05) is 6.92 Å². The maximum atomic E-state index is 11.9. The summed E-state index contributed by atoms with van der Waals surface area (Å²) in [4.78, 5) is 11.9. The number of hydrazone groups is 1. The second-order valence-electron chi connectivity index (χ2n) is 5.06. The van der Waals surface area contributed by atoms with Crippen LogP contribution in [0.3, 0.4) is 0 Å². The van der Waals surface area contributed by atoms with Crippen LogP contribution >= 0.6 is 23.2 Å². The summed E-state index contributed by atoms with van der Waals surface area (Å²) in [6, 6.07) is 10.5. The fraction of sp³-hybridized carbons (Fsp3) is 0.222. The van der Waals surface area contributed by atoms with Gasteiger partial charge < -0.3 is 9.47 Å². The Morgan fingerprint density at radius 2 is 1.96 bits per heavy atom. The minimum atomic E-state index is -0.234. The average molecular weight is 381 g/mol. The molecule has 132 valence electrons. The molecular weight excluding hydrogens is 363 g/mol. The average Bonchev–Trinajstić information content (AvgIpc) is 2.59. The first-order valence-electron chi connectivity index (χ1n) is 7.60. The van der Waals surface area contributed by atoms with Crippen molar-refractivity contribution in [3.8, 4) is 11.5 Å². The van der Waals surface area contributed by atoms with E-state index in [1.54, 1.807) is 36.4 Å². The van der Waals surface area contributed by atoms with Gasteiger partial charge in [0, 0.05) is 5.02 Å². The molecule has 0 aliphatic carbocycles. The highest BCUT2D eigenvalue weighted by atomic mass is 35.5. The second kappa shape index (κ2) is 9.30. The summed E-state index contributed by atoms with van der Waals surface area (Å²) in [5, 5.41) is 4.98. The highest BCUT2D eigenvalue weighted by Gasteiger charge is 2.11. The first-order valence-corrected chi connectivity index (χ1v) is 8.35. The van der Waals surface area contributed by atoms with Gasteiger partial charge >= 0.3 is 0 Å². The molecule has 0 radical (unpaired) electrons. The molecule has 25 heavy (non-hydrogen) atoms. The lowest BCUT2D eigenvalue weighted by molar-refractivity contribution is -0.120. The van der Waals surface area contributed by atoms with Crippen molar-refractivity contribution < 1.29 is 14.3 Å². The SMILES string of the molecule is CCOc1c(Cl)cc(/C=N\NC(=O)Cc2ccc(Cl)cc2)cc1OC. The lowest BCUT2D eigenvalue weighted by Crippen LogP contribution is -2.19. The van der Waals surface area contributed by atoms with E-state index in [0.717, 1.165) is 5.56 Å². The van der Waals surface area contributed by atoms with E-state index in [2.05, 4.69) is 10.5 Å². The van der Waals surface area contributed by atoms with Gasteiger partial charge in [0.2, 0.25) is 5.91 Å². The summed E-state index contributed by atoms with van der Waals surface area (Å²) in [7, 11) is 1.53. The molecule has 2 rings (SSSR count). The number of benzene rings is 2. The van der Waals surface area contributed by atoms with Crippen molar-refractivity contribution >= 4 is 35.3 Å². The molecule has 2 aromatic carbocycles. The minimum Gasteiger partial charge on any atom is -0.493 e. The first kappa shape index (κ1) is 19.1. The fourth-order valence-electron chi connectivity index (χ4n) is 2.10. The Kier molecular flexibility index (Phi) is 7.10. The van der Waals surface area contributed by atoms with Gasteiger partial charge in [-0.05, 0) is 42.3 Å². The number of rotatable bonds is 7. The van der Waals surface area contributed by atoms with Crippen LogP contribution < -0.4 is 14.9 Å². The second-order valence-corrected chi connectivity index (χ2v) is 5.91. The largest absolute Gasteiger partial charge is 0.493 e. The molecule has 0 unspecified atom stereocenters. The Morgan fingerprint density at radius 3 is 2.60 bits per heavy atom. The molecule has 0 spiro atoms. The van der Waals surface area contributed by atoms with Crippen LogP contribution in [0.4, 0.5) is 0 Å². The zero-order valence-electron chi connectivity index (χ0n) is 13.9. The van der Waals surface area contributed by atoms with Crippen LogP contribution in [0.2, 0.25) is 10.0 Å². The van der Waals surface area contributed by atoms with E-state index < -0.39 is 0 Å². The maximum absolute atomic E-state index is 11.9. The third-order valence-corrected chi connectivity index (χ3v) is 3.75. The lowest BCUT2D eigenvalue weighted by Gasteiger charge is -2.11. The number of nitrogens with one attached hydrogen (secondary N) is 1. The normalized spacial score (nSPS) is 10.7. The van der Waals surface area contributed by atoms with Gasteiger partial charge in [-0.3, -0.25) is 4.79 Å². The molecule has 5 nitrogen and oxygen atoms in total. The Hall–Kier alpha value is -2.24. The standard InChI is InChI=1S/C18H18Cl2N2O3/c1-3-25-18-15(20)8-13(9-16(18)24-2)11-21-22-17(23)10-12-4-6-14(19)7-5-12/h4-9,11H,3,10H2,1-2H3,(H,22,23)/b21-11-. The van der Waals surface area contributed by atoms with Gasteiger partial charge in [0.1, 0.15) is 0 Å². The number of hydrogen-bond acceptors (Lipinski definition) is 4. The van der Waals surface area contributed by atoms with Crippen molar-refractivity contribution in [1.29, 1.82) is 0 Å². The number of halogens is 2. The molecule has 0 aromatic heterocycles. The summed E-state index contributed by atoms with van der Waals surface area (Å²) in [6.07, 6.45) is 1.70. The molecule has 2 aromatic rings. The molecule has 0 heterocycles. The van der Waals surface area contributed by atoms with E-state index in [4.69, 9.17) is 32.7 Å². The van der Waals surface area contributed by atoms with Crippen molar-refractivity contribution in [3.63, 3.8) is 0 Å². The number of carbonyl (C=O) groups is 1. The maximum Gasteiger partial charge on any atom is 0.244 e. The highest BCUT2D eigenvalue weighted by molar-refractivity contribution is 6.32. The first-order chi connectivity index (χ1) is 12.0. The summed E-state index contributed by atoms with van der Waals surface area (Å²) < 4.78 is 10.7. The number of nitrogens with zero attached hydrogens (tertiary/aromatic N) is 1. The highest BCUT2D eigenvalue weighted by Crippen LogP contribution is 2.35. The summed E-state index contributed by atoms with van der Waals surface area (Å²) >= 11 is 12.0. The zero-order valence-corrected chi connectivity index (χ0v) is 15.4. The van der Waals surface area contributed by atoms with Crippen molar-refractivity contribution in [2.45, 2.75) is 13.3 Å². The number of ether oxygens (including phenoxy) is 2. The molecule has 1 amide bonds. The zero-order chi connectivity index (χ0) is 18.2. The molecule has 0 aliphatic rings. The van der Waals surface area contributed by atoms with E-state index >= 15 is 0 Å². The van der Waals surface area contributed by atoms with Crippen LogP contribution in [0, 0.1) is 0 Å². The Morgan fingerprint density at radius 1 is 1.24 bits per heavy atom. The van der Waals surface area contributed by atoms with Crippen molar-refractivity contribution in [2.24, 2.45) is 5.10 Å². The Labute approximate surface area is 156 Å². The molecular formula is C18H18Cl2N2O3. The Balaban J connectivity index is 2.00. The van der Waals surface area contributed by atoms with Gasteiger partial charge in [-0.15, -0.1) is 0 Å². The molecule has 7 heteroatoms. The third-order valence-electron chi connectivity index (χ3n) is 3.22. The van der Waals surface area contributed by atoms with Gasteiger partial charge in [-0.2, -0.15) is 5.10 Å². The molecule has 0 aliphatic heterocycles. The van der Waals surface area contributed by atoms with Crippen LogP contribution in [0.25, 0.3) is 0 Å². The summed E-state index contributed by atoms with van der Waals surface area (Å²) in [6.45, 7) is 2.34. The van der Waals surface area contributed by atoms with Crippen LogP contribution in [0.1, 0.15) is 18.1 Å². The van der Waals surface area contributed by atoms with Crippen LogP contribution in [-0.4, -0.2) is 25.8 Å². The predicted molar refractivity (Wildman–Crippen MR) is 100 cm³/mol. The molecule has 1 N–H and O–H groups in total. The third kappa shape index (κ3) is 5.66. The predicted octanol–water partition coefficient (Wildman–Crippen LogP) is 4.09. The van der Waals surface area contributed by atoms with Crippen LogP contribution in [0.5, 0.6) is 11.5 Å². The van der Waals surface area contributed by atoms with Gasteiger partial charge in [0.15, 0.2) is 11.5 Å². The van der Waals surface area contributed by atoms with E-state index in [-0.39, 0.29) is 12.3 Å². The monoisotopic (exact) mass is 380 g/mol. The molecule has 0 saturated carbocycles. The van der Waals surface area contributed by atoms with E-state index in [9.17, 15) is 4.79 Å². The molecule has 0 bridgehead atoms. The molecule has 0 saturated heterocycles. The number of hydrogen-bond donors (Lipinski definition) is 1. The van der Waals surface area contributed by atoms with Crippen molar-refractivity contribution in [1.82, 2.24) is 5.43 Å². The molecule has 0 atom stereocenters. The quantitative estimate of drug-likeness (QED) is 0.581. The summed E-state index contributed by atoms with van der Waals surface area (Å²) in [5.41, 5.74) is 4.00. The Bertz CT molecular complexity index is 762. The van der Waals surface area contributed by atoms with Gasteiger partial charge in [-0.1, -0.05) is 35.3 Å². The van der Waals surface area contributed by atoms with E-state index in [0.29, 0.717) is 33.7 Å². The van der Waals surface area contributed by atoms with Crippen LogP contribution in [0.15, 0.2) is 41.5 Å². The van der Waals surface area contributed by atoms with E-state index in [1.165, 1.54) is 13.3 Å². The smallest absolute Gasteiger partial charge is 0.244 e. The molecule has 0 fully saturated rings. The van der Waals surface area contributed by atoms with Gasteiger partial charge in [0.05, 0.1) is 31.4 Å². The number of amides is 1. The summed E-state index contributed by atoms with van der Waals surface area (Å²) in [5.74, 6) is 0.751. The lowest BCUT2D eigenvalue weighted by atomic mass is 10.1. The van der Waals surface area contributed by atoms with Crippen molar-refractivity contribution in [2.75, 3.05) is 13.7 Å². The van der Waals surface area contributed by atoms with Gasteiger partial charge in [0.25, 0.3) is 0 Å². The number of methoxy groups -OCH3 is 1. The minimum absolute atomic E-state index is 0.210. The topological polar surface area (TPSA) is 59.9 Å². The number of carbonyl (C=O) groups excluding carboxylic acids is 1. The van der Waals surface area contributed by atoms with Crippen LogP contribution in [-0.2, 0) is 11.2 Å². The fourth-order valence-corrected chi connectivity index (χ4v) is 2.50.